The zero-order chi connectivity index (χ0) is 18.6. The van der Waals surface area contributed by atoms with Gasteiger partial charge in [-0.25, -0.2) is 0 Å². The summed E-state index contributed by atoms with van der Waals surface area (Å²) in [7, 11) is 2.68. The molecule has 25 heavy (non-hydrogen) atoms. The molecule has 0 spiro atoms. The van der Waals surface area contributed by atoms with E-state index in [0.29, 0.717) is 10.6 Å². The Labute approximate surface area is 153 Å². The Morgan fingerprint density at radius 2 is 2.00 bits per heavy atom. The maximum absolute atomic E-state index is 12.0. The lowest BCUT2D eigenvalue weighted by Crippen LogP contribution is -2.14. The molecule has 6 nitrogen and oxygen atoms in total. The van der Waals surface area contributed by atoms with Crippen LogP contribution in [0.3, 0.4) is 0 Å². The van der Waals surface area contributed by atoms with E-state index in [1.165, 1.54) is 20.3 Å². The molecular weight excluding hydrogens is 371 g/mol. The first kappa shape index (κ1) is 19.3. The number of hydrogen-bond acceptors (Lipinski definition) is 6. The van der Waals surface area contributed by atoms with Crippen molar-refractivity contribution in [1.29, 1.82) is 0 Å². The van der Waals surface area contributed by atoms with E-state index in [-0.39, 0.29) is 29.6 Å². The average Bonchev–Trinajstić information content (AvgIpc) is 2.56. The minimum atomic E-state index is -0.832. The first-order valence-corrected chi connectivity index (χ1v) is 7.99. The lowest BCUT2D eigenvalue weighted by atomic mass is 9.92. The van der Waals surface area contributed by atoms with Gasteiger partial charge in [0.2, 0.25) is 11.2 Å². The van der Waals surface area contributed by atoms with E-state index >= 15 is 0 Å². The lowest BCUT2D eigenvalue weighted by molar-refractivity contribution is -0.140. The topological polar surface area (TPSA) is 86.0 Å². The number of esters is 1. The standard InChI is InChI=1S/C17H16Cl2O6/c1-23-8-10-6-14(20)16(22)17(25-10)12(7-15(21)24-2)11-4-3-9(18)5-13(11)19/h3-6,12,22H,7-8H2,1-2H3/t12-/m1/s1. The van der Waals surface area contributed by atoms with E-state index in [4.69, 9.17) is 37.1 Å². The lowest BCUT2D eigenvalue weighted by Gasteiger charge is -2.18. The molecule has 1 heterocycles. The number of carbonyl (C=O) groups is 1. The number of benzene rings is 1. The first-order valence-electron chi connectivity index (χ1n) is 7.24. The van der Waals surface area contributed by atoms with Crippen molar-refractivity contribution in [3.63, 3.8) is 0 Å². The minimum absolute atomic E-state index is 0.0296. The number of methoxy groups -OCH3 is 2. The van der Waals surface area contributed by atoms with Gasteiger partial charge in [-0.15, -0.1) is 0 Å². The number of halogens is 2. The molecule has 0 aliphatic rings. The number of carbonyl (C=O) groups excluding carboxylic acids is 1. The maximum Gasteiger partial charge on any atom is 0.306 e. The van der Waals surface area contributed by atoms with Crippen molar-refractivity contribution in [2.24, 2.45) is 0 Å². The molecule has 0 saturated heterocycles. The highest BCUT2D eigenvalue weighted by Crippen LogP contribution is 2.37. The highest BCUT2D eigenvalue weighted by atomic mass is 35.5. The molecule has 0 bridgehead atoms. The number of ether oxygens (including phenoxy) is 2. The van der Waals surface area contributed by atoms with Crippen LogP contribution in [0.15, 0.2) is 33.5 Å². The van der Waals surface area contributed by atoms with Crippen molar-refractivity contribution in [2.45, 2.75) is 18.9 Å². The summed E-state index contributed by atoms with van der Waals surface area (Å²) >= 11 is 12.1. The fraction of sp³-hybridized carbons (Fsp3) is 0.294. The van der Waals surface area contributed by atoms with E-state index < -0.39 is 23.1 Å². The molecule has 0 aliphatic heterocycles. The van der Waals surface area contributed by atoms with Crippen LogP contribution in [-0.4, -0.2) is 25.3 Å². The summed E-state index contributed by atoms with van der Waals surface area (Å²) in [5, 5.41) is 10.9. The summed E-state index contributed by atoms with van der Waals surface area (Å²) < 4.78 is 15.3. The van der Waals surface area contributed by atoms with Gasteiger partial charge < -0.3 is 19.0 Å². The second-order valence-electron chi connectivity index (χ2n) is 5.22. The minimum Gasteiger partial charge on any atom is -0.502 e. The van der Waals surface area contributed by atoms with Gasteiger partial charge >= 0.3 is 5.97 Å². The molecule has 0 amide bonds. The van der Waals surface area contributed by atoms with E-state index in [2.05, 4.69) is 0 Å². The molecule has 8 heteroatoms. The van der Waals surface area contributed by atoms with Crippen LogP contribution in [0.1, 0.15) is 29.4 Å². The van der Waals surface area contributed by atoms with E-state index in [0.717, 1.165) is 6.07 Å². The molecule has 2 aromatic rings. The van der Waals surface area contributed by atoms with Crippen molar-refractivity contribution in [3.05, 3.63) is 61.6 Å². The molecule has 2 rings (SSSR count). The van der Waals surface area contributed by atoms with Crippen molar-refractivity contribution in [3.8, 4) is 5.75 Å². The number of rotatable bonds is 6. The molecule has 1 atom stereocenters. The molecule has 0 unspecified atom stereocenters. The van der Waals surface area contributed by atoms with Gasteiger partial charge in [0.1, 0.15) is 12.4 Å². The zero-order valence-corrected chi connectivity index (χ0v) is 15.1. The Bertz CT molecular complexity index is 830. The molecule has 0 fully saturated rings. The largest absolute Gasteiger partial charge is 0.502 e. The Morgan fingerprint density at radius 1 is 1.28 bits per heavy atom. The van der Waals surface area contributed by atoms with E-state index in [1.54, 1.807) is 12.1 Å². The molecule has 0 saturated carbocycles. The summed E-state index contributed by atoms with van der Waals surface area (Å²) in [6, 6.07) is 5.81. The summed E-state index contributed by atoms with van der Waals surface area (Å²) in [5.74, 6) is -1.87. The second kappa shape index (κ2) is 8.38. The quantitative estimate of drug-likeness (QED) is 0.764. The fourth-order valence-corrected chi connectivity index (χ4v) is 2.92. The monoisotopic (exact) mass is 386 g/mol. The smallest absolute Gasteiger partial charge is 0.306 e. The van der Waals surface area contributed by atoms with Crippen LogP contribution in [0, 0.1) is 0 Å². The third-order valence-electron chi connectivity index (χ3n) is 3.54. The van der Waals surface area contributed by atoms with Gasteiger partial charge in [-0.1, -0.05) is 29.3 Å². The SMILES string of the molecule is COCc1cc(=O)c(O)c([C@H](CC(=O)OC)c2ccc(Cl)cc2Cl)o1. The molecule has 134 valence electrons. The molecule has 1 aromatic heterocycles. The van der Waals surface area contributed by atoms with Crippen LogP contribution in [0.25, 0.3) is 0 Å². The molecule has 0 aliphatic carbocycles. The van der Waals surface area contributed by atoms with Gasteiger partial charge in [-0.2, -0.15) is 0 Å². The maximum atomic E-state index is 12.0. The van der Waals surface area contributed by atoms with E-state index in [9.17, 15) is 14.7 Å². The Hall–Kier alpha value is -2.02. The van der Waals surface area contributed by atoms with Crippen molar-refractivity contribution >= 4 is 29.2 Å². The van der Waals surface area contributed by atoms with Crippen LogP contribution in [0.5, 0.6) is 5.75 Å². The second-order valence-corrected chi connectivity index (χ2v) is 6.07. The number of aromatic hydroxyl groups is 1. The molecule has 0 radical (unpaired) electrons. The fourth-order valence-electron chi connectivity index (χ4n) is 2.38. The summed E-state index contributed by atoms with van der Waals surface area (Å²) in [4.78, 5) is 23.9. The highest BCUT2D eigenvalue weighted by molar-refractivity contribution is 6.35. The van der Waals surface area contributed by atoms with E-state index in [1.807, 2.05) is 0 Å². The average molecular weight is 387 g/mol. The zero-order valence-electron chi connectivity index (χ0n) is 13.5. The van der Waals surface area contributed by atoms with Crippen LogP contribution in [-0.2, 0) is 20.9 Å². The van der Waals surface area contributed by atoms with Gasteiger partial charge in [-0.3, -0.25) is 9.59 Å². The third kappa shape index (κ3) is 4.54. The van der Waals surface area contributed by atoms with Crippen molar-refractivity contribution < 1.29 is 23.8 Å². The van der Waals surface area contributed by atoms with Gasteiger partial charge in [0.05, 0.1) is 19.4 Å². The first-order chi connectivity index (χ1) is 11.9. The van der Waals surface area contributed by atoms with Crippen molar-refractivity contribution in [1.82, 2.24) is 0 Å². The normalized spacial score (nSPS) is 12.0. The van der Waals surface area contributed by atoms with Crippen LogP contribution in [0.2, 0.25) is 10.0 Å². The summed E-state index contributed by atoms with van der Waals surface area (Å²) in [5.41, 5.74) is -0.183. The van der Waals surface area contributed by atoms with Crippen LogP contribution >= 0.6 is 23.2 Å². The predicted molar refractivity (Wildman–Crippen MR) is 92.3 cm³/mol. The van der Waals surface area contributed by atoms with Crippen LogP contribution in [0.4, 0.5) is 0 Å². The molecule has 1 N–H and O–H groups in total. The molecule has 1 aromatic carbocycles. The van der Waals surface area contributed by atoms with Gasteiger partial charge in [0.25, 0.3) is 0 Å². The Balaban J connectivity index is 2.63. The van der Waals surface area contributed by atoms with Gasteiger partial charge in [-0.05, 0) is 17.7 Å². The summed E-state index contributed by atoms with van der Waals surface area (Å²) in [6.45, 7) is 0.0296. The number of hydrogen-bond donors (Lipinski definition) is 1. The predicted octanol–water partition coefficient (Wildman–Crippen LogP) is 3.49. The van der Waals surface area contributed by atoms with Gasteiger partial charge in [0.15, 0.2) is 5.76 Å². The Morgan fingerprint density at radius 3 is 2.60 bits per heavy atom. The third-order valence-corrected chi connectivity index (χ3v) is 4.10. The van der Waals surface area contributed by atoms with Crippen molar-refractivity contribution in [2.75, 3.05) is 14.2 Å². The van der Waals surface area contributed by atoms with Crippen LogP contribution < -0.4 is 5.43 Å². The molecular formula is C17H16Cl2O6. The highest BCUT2D eigenvalue weighted by Gasteiger charge is 2.28. The Kier molecular flexibility index (Phi) is 6.47. The van der Waals surface area contributed by atoms with Gasteiger partial charge in [0, 0.05) is 23.2 Å². The summed E-state index contributed by atoms with van der Waals surface area (Å²) in [6.07, 6.45) is -0.190.